The van der Waals surface area contributed by atoms with Gasteiger partial charge >= 0.3 is 0 Å². The molecule has 0 spiro atoms. The molecule has 2 amide bonds. The summed E-state index contributed by atoms with van der Waals surface area (Å²) in [5.41, 5.74) is 3.00. The monoisotopic (exact) mass is 403 g/mol. The first-order chi connectivity index (χ1) is 14.6. The Morgan fingerprint density at radius 1 is 0.967 bits per heavy atom. The minimum atomic E-state index is -0.316. The lowest BCUT2D eigenvalue weighted by Gasteiger charge is -2.22. The largest absolute Gasteiger partial charge is 0.336 e. The fourth-order valence-electron chi connectivity index (χ4n) is 3.63. The molecule has 1 aliphatic rings. The number of nitrogens with zero attached hydrogens (tertiary/aromatic N) is 3. The van der Waals surface area contributed by atoms with Gasteiger partial charge in [0.25, 0.3) is 5.91 Å². The summed E-state index contributed by atoms with van der Waals surface area (Å²) in [5, 5.41) is 0. The van der Waals surface area contributed by atoms with Crippen molar-refractivity contribution in [2.24, 2.45) is 0 Å². The third-order valence-corrected chi connectivity index (χ3v) is 5.24. The minimum absolute atomic E-state index is 0.0302. The zero-order chi connectivity index (χ0) is 20.9. The number of aromatic nitrogens is 1. The average molecular weight is 403 g/mol. The molecule has 0 aliphatic carbocycles. The number of benzene rings is 2. The zero-order valence-corrected chi connectivity index (χ0v) is 16.5. The molecule has 0 atom stereocenters. The highest BCUT2D eigenvalue weighted by Gasteiger charge is 2.24. The van der Waals surface area contributed by atoms with Crippen molar-refractivity contribution in [1.29, 1.82) is 0 Å². The number of hydrogen-bond donors (Lipinski definition) is 0. The number of hydrogen-bond acceptors (Lipinski definition) is 3. The highest BCUT2D eigenvalue weighted by Crippen LogP contribution is 2.22. The van der Waals surface area contributed by atoms with E-state index in [1.165, 1.54) is 12.1 Å². The van der Waals surface area contributed by atoms with Crippen LogP contribution in [0.25, 0.3) is 11.1 Å². The molecular weight excluding hydrogens is 381 g/mol. The first-order valence-corrected chi connectivity index (χ1v) is 9.92. The van der Waals surface area contributed by atoms with Gasteiger partial charge in [-0.25, -0.2) is 4.39 Å². The number of carbonyl (C=O) groups excluding carboxylic acids is 2. The summed E-state index contributed by atoms with van der Waals surface area (Å²) in [5.74, 6) is -0.407. The summed E-state index contributed by atoms with van der Waals surface area (Å²) in [6.07, 6.45) is 3.74. The van der Waals surface area contributed by atoms with Crippen molar-refractivity contribution in [2.45, 2.75) is 13.0 Å². The topological polar surface area (TPSA) is 53.5 Å². The second kappa shape index (κ2) is 8.86. The average Bonchev–Trinajstić information content (AvgIpc) is 2.96. The molecule has 0 bridgehead atoms. The van der Waals surface area contributed by atoms with E-state index in [9.17, 15) is 14.0 Å². The Hall–Kier alpha value is -3.54. The Morgan fingerprint density at radius 2 is 1.77 bits per heavy atom. The van der Waals surface area contributed by atoms with Crippen LogP contribution in [0.4, 0.5) is 4.39 Å². The molecule has 4 rings (SSSR count). The number of halogens is 1. The van der Waals surface area contributed by atoms with E-state index in [1.807, 2.05) is 24.3 Å². The van der Waals surface area contributed by atoms with Gasteiger partial charge in [-0.15, -0.1) is 0 Å². The number of pyridine rings is 1. The summed E-state index contributed by atoms with van der Waals surface area (Å²) in [4.78, 5) is 33.2. The first-order valence-electron chi connectivity index (χ1n) is 9.92. The van der Waals surface area contributed by atoms with E-state index in [0.29, 0.717) is 31.7 Å². The molecule has 5 nitrogen and oxygen atoms in total. The summed E-state index contributed by atoms with van der Waals surface area (Å²) < 4.78 is 13.6. The number of rotatable bonds is 4. The lowest BCUT2D eigenvalue weighted by Crippen LogP contribution is -2.35. The maximum absolute atomic E-state index is 13.6. The molecule has 3 aromatic rings. The smallest absolute Gasteiger partial charge is 0.253 e. The van der Waals surface area contributed by atoms with Crippen LogP contribution < -0.4 is 0 Å². The molecule has 1 aliphatic heterocycles. The van der Waals surface area contributed by atoms with Crippen molar-refractivity contribution in [3.8, 4) is 11.1 Å². The normalized spacial score (nSPS) is 14.5. The molecule has 0 radical (unpaired) electrons. The first kappa shape index (κ1) is 19.8. The molecule has 152 valence electrons. The van der Waals surface area contributed by atoms with Gasteiger partial charge in [0.15, 0.2) is 0 Å². The van der Waals surface area contributed by atoms with Crippen LogP contribution in [0.1, 0.15) is 22.3 Å². The fourth-order valence-corrected chi connectivity index (χ4v) is 3.63. The molecule has 2 aromatic carbocycles. The highest BCUT2D eigenvalue weighted by atomic mass is 19.1. The second-order valence-electron chi connectivity index (χ2n) is 7.31. The summed E-state index contributed by atoms with van der Waals surface area (Å²) in [6.45, 7) is 1.81. The third-order valence-electron chi connectivity index (χ3n) is 5.24. The molecule has 6 heteroatoms. The lowest BCUT2D eigenvalue weighted by atomic mass is 10.0. The Morgan fingerprint density at radius 3 is 2.53 bits per heavy atom. The van der Waals surface area contributed by atoms with Gasteiger partial charge in [0.2, 0.25) is 5.91 Å². The predicted octanol–water partition coefficient (Wildman–Crippen LogP) is 3.76. The van der Waals surface area contributed by atoms with Crippen LogP contribution in [0.15, 0.2) is 73.1 Å². The van der Waals surface area contributed by atoms with Crippen molar-refractivity contribution in [3.63, 3.8) is 0 Å². The molecular formula is C24H22FN3O2. The molecule has 30 heavy (non-hydrogen) atoms. The van der Waals surface area contributed by atoms with Gasteiger partial charge < -0.3 is 9.80 Å². The van der Waals surface area contributed by atoms with Crippen molar-refractivity contribution >= 4 is 11.8 Å². The summed E-state index contributed by atoms with van der Waals surface area (Å²) >= 11 is 0. The fraction of sp³-hybridized carbons (Fsp3) is 0.208. The van der Waals surface area contributed by atoms with Gasteiger partial charge in [0.05, 0.1) is 0 Å². The van der Waals surface area contributed by atoms with E-state index in [0.717, 1.165) is 16.7 Å². The van der Waals surface area contributed by atoms with E-state index < -0.39 is 0 Å². The highest BCUT2D eigenvalue weighted by molar-refractivity contribution is 5.96. The Labute approximate surface area is 174 Å². The van der Waals surface area contributed by atoms with Crippen LogP contribution in [0.2, 0.25) is 0 Å². The molecule has 0 unspecified atom stereocenters. The van der Waals surface area contributed by atoms with Crippen LogP contribution in [-0.4, -0.2) is 46.2 Å². The maximum atomic E-state index is 13.6. The lowest BCUT2D eigenvalue weighted by molar-refractivity contribution is -0.130. The van der Waals surface area contributed by atoms with Gasteiger partial charge in [-0.1, -0.05) is 30.3 Å². The molecule has 2 heterocycles. The molecule has 0 N–H and O–H groups in total. The molecule has 0 saturated carbocycles. The number of amides is 2. The van der Waals surface area contributed by atoms with Gasteiger partial charge in [0, 0.05) is 50.6 Å². The van der Waals surface area contributed by atoms with E-state index in [1.54, 1.807) is 46.5 Å². The third kappa shape index (κ3) is 4.54. The van der Waals surface area contributed by atoms with Crippen LogP contribution in [-0.2, 0) is 11.3 Å². The number of carbonyl (C=O) groups is 2. The van der Waals surface area contributed by atoms with E-state index in [4.69, 9.17) is 0 Å². The Balaban J connectivity index is 1.47. The Kier molecular flexibility index (Phi) is 5.84. The Bertz CT molecular complexity index is 1060. The van der Waals surface area contributed by atoms with E-state index in [-0.39, 0.29) is 24.1 Å². The van der Waals surface area contributed by atoms with Crippen LogP contribution in [0.5, 0.6) is 0 Å². The zero-order valence-electron chi connectivity index (χ0n) is 16.5. The minimum Gasteiger partial charge on any atom is -0.336 e. The quantitative estimate of drug-likeness (QED) is 0.667. The van der Waals surface area contributed by atoms with E-state index in [2.05, 4.69) is 4.98 Å². The van der Waals surface area contributed by atoms with Crippen molar-refractivity contribution < 1.29 is 14.0 Å². The van der Waals surface area contributed by atoms with Gasteiger partial charge in [-0.3, -0.25) is 14.6 Å². The van der Waals surface area contributed by atoms with E-state index >= 15 is 0 Å². The predicted molar refractivity (Wildman–Crippen MR) is 112 cm³/mol. The standard InChI is InChI=1S/C24H22FN3O2/c25-22-8-2-6-20(15-22)19-5-1-7-21(14-19)24(30)27-11-9-23(29)28(13-12-27)17-18-4-3-10-26-16-18/h1-8,10,14-16H,9,11-13,17H2. The van der Waals surface area contributed by atoms with Gasteiger partial charge in [-0.2, -0.15) is 0 Å². The second-order valence-corrected chi connectivity index (χ2v) is 7.31. The summed E-state index contributed by atoms with van der Waals surface area (Å²) in [6, 6.07) is 17.3. The van der Waals surface area contributed by atoms with Crippen LogP contribution in [0.3, 0.4) is 0 Å². The molecule has 1 saturated heterocycles. The van der Waals surface area contributed by atoms with Crippen molar-refractivity contribution in [1.82, 2.24) is 14.8 Å². The molecule has 1 aromatic heterocycles. The van der Waals surface area contributed by atoms with Crippen LogP contribution in [0, 0.1) is 5.82 Å². The van der Waals surface area contributed by atoms with Crippen LogP contribution >= 0.6 is 0 Å². The summed E-state index contributed by atoms with van der Waals surface area (Å²) in [7, 11) is 0. The van der Waals surface area contributed by atoms with Crippen molar-refractivity contribution in [2.75, 3.05) is 19.6 Å². The maximum Gasteiger partial charge on any atom is 0.253 e. The van der Waals surface area contributed by atoms with Gasteiger partial charge in [0.1, 0.15) is 5.82 Å². The molecule has 1 fully saturated rings. The SMILES string of the molecule is O=C1CCN(C(=O)c2cccc(-c3cccc(F)c3)c2)CCN1Cc1cccnc1. The van der Waals surface area contributed by atoms with Crippen molar-refractivity contribution in [3.05, 3.63) is 90.0 Å². The van der Waals surface area contributed by atoms with Gasteiger partial charge in [-0.05, 0) is 47.0 Å².